The van der Waals surface area contributed by atoms with E-state index in [2.05, 4.69) is 17.9 Å². The molecule has 2 rings (SSSR count). The fourth-order valence-corrected chi connectivity index (χ4v) is 3.03. The van der Waals surface area contributed by atoms with Crippen LogP contribution in [-0.4, -0.2) is 32.3 Å². The molecule has 20 heavy (non-hydrogen) atoms. The van der Waals surface area contributed by atoms with Gasteiger partial charge in [0.1, 0.15) is 0 Å². The third-order valence-corrected chi connectivity index (χ3v) is 4.55. The maximum Gasteiger partial charge on any atom is 0.0605 e. The topological polar surface area (TPSA) is 38.5 Å². The first-order valence-corrected chi connectivity index (χ1v) is 7.84. The zero-order chi connectivity index (χ0) is 14.5. The molecular weight excluding hydrogens is 272 g/mol. The van der Waals surface area contributed by atoms with Crippen molar-refractivity contribution in [3.05, 3.63) is 28.8 Å². The van der Waals surface area contributed by atoms with Gasteiger partial charge in [-0.3, -0.25) is 0 Å². The zero-order valence-electron chi connectivity index (χ0n) is 12.4. The van der Waals surface area contributed by atoms with Gasteiger partial charge in [0.25, 0.3) is 0 Å². The molecule has 1 unspecified atom stereocenters. The average molecular weight is 297 g/mol. The van der Waals surface area contributed by atoms with Crippen molar-refractivity contribution in [2.75, 3.05) is 25.1 Å². The highest BCUT2D eigenvalue weighted by Crippen LogP contribution is 2.31. The zero-order valence-corrected chi connectivity index (χ0v) is 13.2. The van der Waals surface area contributed by atoms with Crippen LogP contribution in [0.15, 0.2) is 18.2 Å². The highest BCUT2D eigenvalue weighted by molar-refractivity contribution is 6.31. The summed E-state index contributed by atoms with van der Waals surface area (Å²) in [5, 5.41) is 0.834. The number of rotatable bonds is 5. The molecule has 1 aliphatic heterocycles. The van der Waals surface area contributed by atoms with Crippen LogP contribution in [0.2, 0.25) is 5.02 Å². The van der Waals surface area contributed by atoms with Crippen molar-refractivity contribution >= 4 is 17.3 Å². The van der Waals surface area contributed by atoms with E-state index in [4.69, 9.17) is 22.1 Å². The molecule has 3 nitrogen and oxygen atoms in total. The first-order valence-electron chi connectivity index (χ1n) is 7.46. The predicted octanol–water partition coefficient (Wildman–Crippen LogP) is 3.24. The van der Waals surface area contributed by atoms with Gasteiger partial charge in [0.2, 0.25) is 0 Å². The SMILES string of the molecule is CCC(N)Cc1c(Cl)cccc1N1CCC(OC)CC1. The number of nitrogens with zero attached hydrogens (tertiary/aromatic N) is 1. The summed E-state index contributed by atoms with van der Waals surface area (Å²) < 4.78 is 5.44. The Kier molecular flexibility index (Phi) is 5.70. The molecule has 0 spiro atoms. The largest absolute Gasteiger partial charge is 0.381 e. The van der Waals surface area contributed by atoms with Gasteiger partial charge in [-0.25, -0.2) is 0 Å². The molecule has 0 bridgehead atoms. The van der Waals surface area contributed by atoms with Crippen molar-refractivity contribution in [1.29, 1.82) is 0 Å². The fourth-order valence-electron chi connectivity index (χ4n) is 2.78. The van der Waals surface area contributed by atoms with Gasteiger partial charge in [0.15, 0.2) is 0 Å². The smallest absolute Gasteiger partial charge is 0.0605 e. The summed E-state index contributed by atoms with van der Waals surface area (Å²) >= 11 is 6.40. The molecule has 1 heterocycles. The van der Waals surface area contributed by atoms with Crippen molar-refractivity contribution in [3.63, 3.8) is 0 Å². The number of ether oxygens (including phenoxy) is 1. The Morgan fingerprint density at radius 2 is 2.10 bits per heavy atom. The van der Waals surface area contributed by atoms with Crippen LogP contribution in [0.5, 0.6) is 0 Å². The highest BCUT2D eigenvalue weighted by Gasteiger charge is 2.22. The number of hydrogen-bond acceptors (Lipinski definition) is 3. The van der Waals surface area contributed by atoms with Gasteiger partial charge in [-0.1, -0.05) is 24.6 Å². The molecule has 0 aliphatic carbocycles. The quantitative estimate of drug-likeness (QED) is 0.906. The number of piperidine rings is 1. The predicted molar refractivity (Wildman–Crippen MR) is 85.7 cm³/mol. The monoisotopic (exact) mass is 296 g/mol. The van der Waals surface area contributed by atoms with Crippen LogP contribution in [0.4, 0.5) is 5.69 Å². The molecule has 0 saturated carbocycles. The lowest BCUT2D eigenvalue weighted by atomic mass is 10.00. The third-order valence-electron chi connectivity index (χ3n) is 4.20. The van der Waals surface area contributed by atoms with Gasteiger partial charge in [-0.05, 0) is 43.4 Å². The molecule has 4 heteroatoms. The molecule has 1 fully saturated rings. The molecule has 0 radical (unpaired) electrons. The number of benzene rings is 1. The Bertz CT molecular complexity index is 430. The average Bonchev–Trinajstić information content (AvgIpc) is 2.49. The number of nitrogens with two attached hydrogens (primary N) is 1. The summed E-state index contributed by atoms with van der Waals surface area (Å²) in [6, 6.07) is 6.33. The number of anilines is 1. The summed E-state index contributed by atoms with van der Waals surface area (Å²) in [6.45, 7) is 4.16. The molecular formula is C16H25ClN2O. The second-order valence-corrected chi connectivity index (χ2v) is 5.94. The van der Waals surface area contributed by atoms with Crippen LogP contribution in [0.3, 0.4) is 0 Å². The van der Waals surface area contributed by atoms with Gasteiger partial charge in [0.05, 0.1) is 6.10 Å². The van der Waals surface area contributed by atoms with Crippen molar-refractivity contribution in [2.45, 2.75) is 44.8 Å². The normalized spacial score (nSPS) is 18.3. The van der Waals surface area contributed by atoms with Gasteiger partial charge in [-0.2, -0.15) is 0 Å². The Hall–Kier alpha value is -0.770. The minimum atomic E-state index is 0.171. The maximum atomic E-state index is 6.40. The first kappa shape index (κ1) is 15.6. The van der Waals surface area contributed by atoms with Crippen LogP contribution >= 0.6 is 11.6 Å². The van der Waals surface area contributed by atoms with E-state index in [1.54, 1.807) is 7.11 Å². The van der Waals surface area contributed by atoms with Crippen LogP contribution < -0.4 is 10.6 Å². The summed E-state index contributed by atoms with van der Waals surface area (Å²) in [7, 11) is 1.80. The van der Waals surface area contributed by atoms with Crippen LogP contribution in [0, 0.1) is 0 Å². The molecule has 0 amide bonds. The van der Waals surface area contributed by atoms with Gasteiger partial charge >= 0.3 is 0 Å². The Labute approximate surface area is 127 Å². The third kappa shape index (κ3) is 3.66. The lowest BCUT2D eigenvalue weighted by molar-refractivity contribution is 0.0819. The van der Waals surface area contributed by atoms with Crippen molar-refractivity contribution in [1.82, 2.24) is 0 Å². The summed E-state index contributed by atoms with van der Waals surface area (Å²) in [6.07, 6.45) is 4.35. The van der Waals surface area contributed by atoms with Gasteiger partial charge in [-0.15, -0.1) is 0 Å². The van der Waals surface area contributed by atoms with E-state index in [0.717, 1.165) is 43.8 Å². The van der Waals surface area contributed by atoms with Crippen LogP contribution in [0.1, 0.15) is 31.7 Å². The lowest BCUT2D eigenvalue weighted by Gasteiger charge is -2.34. The second-order valence-electron chi connectivity index (χ2n) is 5.53. The molecule has 2 N–H and O–H groups in total. The Morgan fingerprint density at radius 1 is 1.40 bits per heavy atom. The minimum absolute atomic E-state index is 0.171. The van der Waals surface area contributed by atoms with Gasteiger partial charge < -0.3 is 15.4 Å². The summed E-state index contributed by atoms with van der Waals surface area (Å²) in [5.41, 5.74) is 8.56. The molecule has 112 valence electrons. The van der Waals surface area contributed by atoms with Crippen LogP contribution in [-0.2, 0) is 11.2 Å². The number of halogens is 1. The van der Waals surface area contributed by atoms with Crippen molar-refractivity contribution < 1.29 is 4.74 Å². The standard InChI is InChI=1S/C16H25ClN2O/c1-3-12(18)11-14-15(17)5-4-6-16(14)19-9-7-13(20-2)8-10-19/h4-6,12-13H,3,7-11,18H2,1-2H3. The summed E-state index contributed by atoms with van der Waals surface area (Å²) in [4.78, 5) is 2.42. The minimum Gasteiger partial charge on any atom is -0.381 e. The maximum absolute atomic E-state index is 6.40. The summed E-state index contributed by atoms with van der Waals surface area (Å²) in [5.74, 6) is 0. The first-order chi connectivity index (χ1) is 9.65. The Balaban J connectivity index is 2.17. The number of methoxy groups -OCH3 is 1. The molecule has 1 aromatic carbocycles. The van der Waals surface area contributed by atoms with E-state index in [1.165, 1.54) is 11.3 Å². The Morgan fingerprint density at radius 3 is 2.70 bits per heavy atom. The second kappa shape index (κ2) is 7.30. The van der Waals surface area contributed by atoms with E-state index >= 15 is 0 Å². The highest BCUT2D eigenvalue weighted by atomic mass is 35.5. The fraction of sp³-hybridized carbons (Fsp3) is 0.625. The molecule has 1 atom stereocenters. The molecule has 1 saturated heterocycles. The molecule has 1 aliphatic rings. The van der Waals surface area contributed by atoms with Crippen molar-refractivity contribution in [2.24, 2.45) is 5.73 Å². The van der Waals surface area contributed by atoms with E-state index in [1.807, 2.05) is 12.1 Å². The van der Waals surface area contributed by atoms with E-state index < -0.39 is 0 Å². The molecule has 0 aromatic heterocycles. The van der Waals surface area contributed by atoms with Gasteiger partial charge in [0, 0.05) is 37.0 Å². The van der Waals surface area contributed by atoms with Crippen molar-refractivity contribution in [3.8, 4) is 0 Å². The number of hydrogen-bond donors (Lipinski definition) is 1. The van der Waals surface area contributed by atoms with E-state index in [-0.39, 0.29) is 6.04 Å². The van der Waals surface area contributed by atoms with E-state index in [0.29, 0.717) is 6.10 Å². The van der Waals surface area contributed by atoms with E-state index in [9.17, 15) is 0 Å². The van der Waals surface area contributed by atoms with Crippen LogP contribution in [0.25, 0.3) is 0 Å². The molecule has 1 aromatic rings. The lowest BCUT2D eigenvalue weighted by Crippen LogP contribution is -2.37.